The van der Waals surface area contributed by atoms with Crippen molar-refractivity contribution in [3.05, 3.63) is 71.8 Å². The summed E-state index contributed by atoms with van der Waals surface area (Å²) in [6.45, 7) is 0.715. The first-order valence-electron chi connectivity index (χ1n) is 6.39. The van der Waals surface area contributed by atoms with Gasteiger partial charge in [-0.05, 0) is 17.5 Å². The largest absolute Gasteiger partial charge is 0.368 e. The average molecular weight is 254 g/mol. The van der Waals surface area contributed by atoms with Crippen LogP contribution < -0.4 is 11.1 Å². The molecule has 2 aromatic rings. The molecule has 3 heteroatoms. The Kier molecular flexibility index (Phi) is 4.70. The topological polar surface area (TPSA) is 55.1 Å². The molecule has 1 atom stereocenters. The van der Waals surface area contributed by atoms with Crippen LogP contribution in [0.15, 0.2) is 60.7 Å². The molecule has 0 saturated carbocycles. The summed E-state index contributed by atoms with van der Waals surface area (Å²) in [5.41, 5.74) is 7.59. The lowest BCUT2D eigenvalue weighted by Crippen LogP contribution is -2.34. The van der Waals surface area contributed by atoms with Crippen LogP contribution in [-0.4, -0.2) is 12.5 Å². The van der Waals surface area contributed by atoms with Crippen LogP contribution >= 0.6 is 0 Å². The first-order valence-corrected chi connectivity index (χ1v) is 6.39. The second kappa shape index (κ2) is 6.71. The van der Waals surface area contributed by atoms with Gasteiger partial charge in [-0.1, -0.05) is 60.7 Å². The summed E-state index contributed by atoms with van der Waals surface area (Å²) in [6, 6.07) is 19.3. The number of nitrogens with one attached hydrogen (secondary N) is 1. The van der Waals surface area contributed by atoms with Gasteiger partial charge < -0.3 is 11.1 Å². The van der Waals surface area contributed by atoms with Crippen LogP contribution in [0.4, 0.5) is 0 Å². The highest BCUT2D eigenvalue weighted by atomic mass is 16.1. The van der Waals surface area contributed by atoms with Gasteiger partial charge in [0.05, 0.1) is 0 Å². The zero-order chi connectivity index (χ0) is 13.5. The molecule has 0 spiro atoms. The zero-order valence-corrected chi connectivity index (χ0v) is 10.8. The lowest BCUT2D eigenvalue weighted by atomic mass is 10.1. The van der Waals surface area contributed by atoms with Gasteiger partial charge in [0.25, 0.3) is 0 Å². The minimum Gasteiger partial charge on any atom is -0.368 e. The van der Waals surface area contributed by atoms with E-state index in [1.165, 1.54) is 5.56 Å². The number of rotatable bonds is 6. The number of amides is 1. The summed E-state index contributed by atoms with van der Waals surface area (Å²) in [4.78, 5) is 11.5. The zero-order valence-electron chi connectivity index (χ0n) is 10.8. The van der Waals surface area contributed by atoms with Gasteiger partial charge in [0, 0.05) is 6.54 Å². The molecule has 0 unspecified atom stereocenters. The number of carbonyl (C=O) groups excluding carboxylic acids is 1. The number of carbonyl (C=O) groups is 1. The molecule has 3 N–H and O–H groups in total. The maximum absolute atomic E-state index is 11.5. The normalized spacial score (nSPS) is 12.0. The van der Waals surface area contributed by atoms with E-state index in [4.69, 9.17) is 5.73 Å². The molecule has 2 aromatic carbocycles. The lowest BCUT2D eigenvalue weighted by molar-refractivity contribution is -0.120. The van der Waals surface area contributed by atoms with Gasteiger partial charge in [-0.3, -0.25) is 4.79 Å². The third-order valence-corrected chi connectivity index (χ3v) is 3.02. The van der Waals surface area contributed by atoms with Crippen molar-refractivity contribution in [1.29, 1.82) is 0 Å². The molecule has 19 heavy (non-hydrogen) atoms. The van der Waals surface area contributed by atoms with E-state index in [1.54, 1.807) is 0 Å². The van der Waals surface area contributed by atoms with Crippen LogP contribution in [0.3, 0.4) is 0 Å². The quantitative estimate of drug-likeness (QED) is 0.829. The van der Waals surface area contributed by atoms with Crippen LogP contribution in [0.2, 0.25) is 0 Å². The second-order valence-electron chi connectivity index (χ2n) is 4.44. The predicted molar refractivity (Wildman–Crippen MR) is 76.5 cm³/mol. The van der Waals surface area contributed by atoms with Gasteiger partial charge >= 0.3 is 0 Å². The minimum atomic E-state index is -0.426. The molecule has 0 aliphatic rings. The third-order valence-electron chi connectivity index (χ3n) is 3.02. The second-order valence-corrected chi connectivity index (χ2v) is 4.44. The molecule has 2 rings (SSSR count). The van der Waals surface area contributed by atoms with Crippen molar-refractivity contribution in [3.8, 4) is 0 Å². The van der Waals surface area contributed by atoms with E-state index < -0.39 is 6.04 Å². The first kappa shape index (κ1) is 13.3. The van der Waals surface area contributed by atoms with Gasteiger partial charge in [0.2, 0.25) is 5.91 Å². The molecule has 0 heterocycles. The van der Waals surface area contributed by atoms with Crippen LogP contribution in [0.1, 0.15) is 17.2 Å². The van der Waals surface area contributed by atoms with Crippen LogP contribution in [-0.2, 0) is 11.2 Å². The van der Waals surface area contributed by atoms with Crippen molar-refractivity contribution in [2.45, 2.75) is 12.5 Å². The highest BCUT2D eigenvalue weighted by Crippen LogP contribution is 2.11. The van der Waals surface area contributed by atoms with Crippen LogP contribution in [0, 0.1) is 0 Å². The van der Waals surface area contributed by atoms with Gasteiger partial charge in [0.1, 0.15) is 6.04 Å². The highest BCUT2D eigenvalue weighted by molar-refractivity contribution is 5.81. The Bertz CT molecular complexity index is 511. The van der Waals surface area contributed by atoms with E-state index in [-0.39, 0.29) is 5.91 Å². The number of nitrogens with two attached hydrogens (primary N) is 1. The Labute approximate surface area is 113 Å². The molecule has 0 radical (unpaired) electrons. The van der Waals surface area contributed by atoms with Gasteiger partial charge in [-0.2, -0.15) is 0 Å². The van der Waals surface area contributed by atoms with Crippen molar-refractivity contribution >= 4 is 5.91 Å². The Morgan fingerprint density at radius 2 is 1.58 bits per heavy atom. The van der Waals surface area contributed by atoms with Gasteiger partial charge in [-0.25, -0.2) is 0 Å². The number of hydrogen-bond acceptors (Lipinski definition) is 2. The highest BCUT2D eigenvalue weighted by Gasteiger charge is 2.15. The smallest absolute Gasteiger partial charge is 0.239 e. The van der Waals surface area contributed by atoms with Crippen LogP contribution in [0.5, 0.6) is 0 Å². The van der Waals surface area contributed by atoms with Crippen molar-refractivity contribution < 1.29 is 4.79 Å². The van der Waals surface area contributed by atoms with Gasteiger partial charge in [0.15, 0.2) is 0 Å². The molecule has 0 saturated heterocycles. The van der Waals surface area contributed by atoms with E-state index in [9.17, 15) is 4.79 Å². The standard InChI is InChI=1S/C16H18N2O/c17-16(19)15(14-9-5-2-6-10-14)18-12-11-13-7-3-1-4-8-13/h1-10,15,18H,11-12H2,(H2,17,19)/t15-/m0/s1. The lowest BCUT2D eigenvalue weighted by Gasteiger charge is -2.15. The summed E-state index contributed by atoms with van der Waals surface area (Å²) in [7, 11) is 0. The monoisotopic (exact) mass is 254 g/mol. The molecule has 0 aliphatic heterocycles. The Morgan fingerprint density at radius 1 is 1.00 bits per heavy atom. The summed E-state index contributed by atoms with van der Waals surface area (Å²) in [5.74, 6) is -0.348. The fourth-order valence-electron chi connectivity index (χ4n) is 2.03. The molecule has 0 aromatic heterocycles. The Morgan fingerprint density at radius 3 is 2.16 bits per heavy atom. The van der Waals surface area contributed by atoms with Crippen LogP contribution in [0.25, 0.3) is 0 Å². The van der Waals surface area contributed by atoms with Crippen molar-refractivity contribution in [2.75, 3.05) is 6.54 Å². The van der Waals surface area contributed by atoms with E-state index in [1.807, 2.05) is 48.5 Å². The summed E-state index contributed by atoms with van der Waals surface area (Å²) >= 11 is 0. The first-order chi connectivity index (χ1) is 9.27. The predicted octanol–water partition coefficient (Wildman–Crippen LogP) is 2.05. The molecular weight excluding hydrogens is 236 g/mol. The molecule has 0 fully saturated rings. The Hall–Kier alpha value is -2.13. The Balaban J connectivity index is 1.94. The van der Waals surface area contributed by atoms with Crippen molar-refractivity contribution in [1.82, 2.24) is 5.32 Å². The van der Waals surface area contributed by atoms with Crippen molar-refractivity contribution in [2.24, 2.45) is 5.73 Å². The number of primary amides is 1. The fourth-order valence-corrected chi connectivity index (χ4v) is 2.03. The van der Waals surface area contributed by atoms with E-state index in [0.717, 1.165) is 12.0 Å². The molecular formula is C16H18N2O. The van der Waals surface area contributed by atoms with E-state index >= 15 is 0 Å². The third kappa shape index (κ3) is 3.93. The maximum atomic E-state index is 11.5. The molecule has 0 bridgehead atoms. The van der Waals surface area contributed by atoms with E-state index in [2.05, 4.69) is 17.4 Å². The van der Waals surface area contributed by atoms with Gasteiger partial charge in [-0.15, -0.1) is 0 Å². The van der Waals surface area contributed by atoms with Crippen molar-refractivity contribution in [3.63, 3.8) is 0 Å². The summed E-state index contributed by atoms with van der Waals surface area (Å²) in [6.07, 6.45) is 0.872. The molecule has 3 nitrogen and oxygen atoms in total. The SMILES string of the molecule is NC(=O)[C@@H](NCCc1ccccc1)c1ccccc1. The minimum absolute atomic E-state index is 0.348. The molecule has 1 amide bonds. The molecule has 0 aliphatic carbocycles. The fraction of sp³-hybridized carbons (Fsp3) is 0.188. The van der Waals surface area contributed by atoms with E-state index in [0.29, 0.717) is 6.54 Å². The number of benzene rings is 2. The maximum Gasteiger partial charge on any atom is 0.239 e. The molecule has 98 valence electrons. The average Bonchev–Trinajstić information content (AvgIpc) is 2.45. The summed E-state index contributed by atoms with van der Waals surface area (Å²) in [5, 5.41) is 3.21. The number of hydrogen-bond donors (Lipinski definition) is 2. The summed E-state index contributed by atoms with van der Waals surface area (Å²) < 4.78 is 0.